The van der Waals surface area contributed by atoms with Crippen LogP contribution in [0, 0.1) is 0 Å². The van der Waals surface area contributed by atoms with Crippen molar-refractivity contribution in [1.29, 1.82) is 0 Å². The van der Waals surface area contributed by atoms with E-state index in [-0.39, 0.29) is 18.2 Å². The summed E-state index contributed by atoms with van der Waals surface area (Å²) in [4.78, 5) is 21.6. The Bertz CT molecular complexity index is 954. The van der Waals surface area contributed by atoms with E-state index < -0.39 is 0 Å². The Morgan fingerprint density at radius 1 is 1.09 bits per heavy atom. The van der Waals surface area contributed by atoms with Gasteiger partial charge in [-0.3, -0.25) is 15.2 Å². The highest BCUT2D eigenvalue weighted by Gasteiger charge is 2.22. The van der Waals surface area contributed by atoms with Gasteiger partial charge in [-0.1, -0.05) is 18.2 Å². The molecule has 2 unspecified atom stereocenters. The summed E-state index contributed by atoms with van der Waals surface area (Å²) < 4.78 is 5.23. The maximum atomic E-state index is 12.7. The lowest BCUT2D eigenvalue weighted by molar-refractivity contribution is 0.125. The number of hydrogen-bond donors (Lipinski definition) is 3. The van der Waals surface area contributed by atoms with Gasteiger partial charge in [0.2, 0.25) is 0 Å². The fourth-order valence-corrected chi connectivity index (χ4v) is 4.17. The molecule has 3 N–H and O–H groups in total. The number of urea groups is 1. The Labute approximate surface area is 196 Å². The van der Waals surface area contributed by atoms with E-state index in [1.807, 2.05) is 47.5 Å². The zero-order valence-corrected chi connectivity index (χ0v) is 19.6. The smallest absolute Gasteiger partial charge is 0.321 e. The van der Waals surface area contributed by atoms with Crippen LogP contribution < -0.4 is 20.7 Å². The minimum atomic E-state index is -0.213. The van der Waals surface area contributed by atoms with E-state index in [1.54, 1.807) is 7.11 Å². The predicted octanol–water partition coefficient (Wildman–Crippen LogP) is 3.41. The number of piperazine rings is 1. The summed E-state index contributed by atoms with van der Waals surface area (Å²) in [7, 11) is 1.67. The molecule has 8 nitrogen and oxygen atoms in total. The molecule has 0 spiro atoms. The molecule has 176 valence electrons. The first-order valence-electron chi connectivity index (χ1n) is 11.6. The number of nitrogens with zero attached hydrogens (tertiary/aromatic N) is 3. The monoisotopic (exact) mass is 450 g/mol. The number of methoxy groups -OCH3 is 1. The van der Waals surface area contributed by atoms with Gasteiger partial charge in [-0.15, -0.1) is 0 Å². The fraction of sp³-hybridized carbons (Fsp3) is 0.440. The van der Waals surface area contributed by atoms with Gasteiger partial charge in [0.05, 0.1) is 7.11 Å². The van der Waals surface area contributed by atoms with Crippen molar-refractivity contribution in [1.82, 2.24) is 15.1 Å². The van der Waals surface area contributed by atoms with Crippen molar-refractivity contribution in [3.63, 3.8) is 0 Å². The molecule has 0 saturated carbocycles. The molecule has 1 fully saturated rings. The molecule has 4 rings (SSSR count). The van der Waals surface area contributed by atoms with Crippen LogP contribution in [0.4, 0.5) is 16.2 Å². The zero-order valence-electron chi connectivity index (χ0n) is 19.6. The molecule has 2 aliphatic heterocycles. The summed E-state index contributed by atoms with van der Waals surface area (Å²) in [5.41, 5.74) is 2.87. The Hall–Kier alpha value is -3.10. The summed E-state index contributed by atoms with van der Waals surface area (Å²) >= 11 is 0. The number of carbonyl (C=O) groups excluding carboxylic acids is 1. The molecular weight excluding hydrogens is 416 g/mol. The normalized spacial score (nSPS) is 21.2. The van der Waals surface area contributed by atoms with Gasteiger partial charge in [0, 0.05) is 62.3 Å². The van der Waals surface area contributed by atoms with Crippen LogP contribution in [0.1, 0.15) is 25.3 Å². The highest BCUT2D eigenvalue weighted by Crippen LogP contribution is 2.21. The van der Waals surface area contributed by atoms with Crippen molar-refractivity contribution >= 4 is 23.6 Å². The molecule has 2 heterocycles. The van der Waals surface area contributed by atoms with Gasteiger partial charge in [0.15, 0.2) is 6.29 Å². The molecule has 2 atom stereocenters. The molecule has 0 bridgehead atoms. The van der Waals surface area contributed by atoms with Crippen LogP contribution in [-0.2, 0) is 0 Å². The topological polar surface area (TPSA) is 81.2 Å². The third-order valence-electron chi connectivity index (χ3n) is 6.24. The molecule has 0 radical (unpaired) electrons. The van der Waals surface area contributed by atoms with Crippen LogP contribution in [0.3, 0.4) is 0 Å². The number of anilines is 2. The quantitative estimate of drug-likeness (QED) is 0.629. The molecule has 1 saturated heterocycles. The summed E-state index contributed by atoms with van der Waals surface area (Å²) in [6.45, 7) is 8.49. The minimum Gasteiger partial charge on any atom is -0.497 e. The SMILES string of the molecule is COc1ccc(C2C=NC(Nc3cccc(NC(=O)N4CCN(C(C)C)CC4)c3)NC2)cc1. The van der Waals surface area contributed by atoms with Crippen LogP contribution in [0.2, 0.25) is 0 Å². The van der Waals surface area contributed by atoms with Gasteiger partial charge in [0.1, 0.15) is 5.75 Å². The molecule has 2 aromatic rings. The molecule has 8 heteroatoms. The van der Waals surface area contributed by atoms with E-state index in [4.69, 9.17) is 4.74 Å². The number of aliphatic imine (C=N–C) groups is 1. The fourth-order valence-electron chi connectivity index (χ4n) is 4.17. The lowest BCUT2D eigenvalue weighted by Gasteiger charge is -2.36. The zero-order chi connectivity index (χ0) is 23.2. The largest absolute Gasteiger partial charge is 0.497 e. The number of benzene rings is 2. The van der Waals surface area contributed by atoms with Gasteiger partial charge in [-0.05, 0) is 49.7 Å². The molecule has 2 aromatic carbocycles. The van der Waals surface area contributed by atoms with Crippen molar-refractivity contribution in [2.45, 2.75) is 32.1 Å². The first kappa shape index (κ1) is 23.1. The average Bonchev–Trinajstić information content (AvgIpc) is 2.85. The minimum absolute atomic E-state index is 0.0494. The Balaban J connectivity index is 1.30. The van der Waals surface area contributed by atoms with Crippen LogP contribution in [0.25, 0.3) is 0 Å². The van der Waals surface area contributed by atoms with Crippen molar-refractivity contribution in [2.75, 3.05) is 50.5 Å². The summed E-state index contributed by atoms with van der Waals surface area (Å²) in [6, 6.07) is 16.3. The van der Waals surface area contributed by atoms with Gasteiger partial charge < -0.3 is 20.3 Å². The molecule has 0 aromatic heterocycles. The Kier molecular flexibility index (Phi) is 7.47. The van der Waals surface area contributed by atoms with Crippen LogP contribution >= 0.6 is 0 Å². The van der Waals surface area contributed by atoms with Gasteiger partial charge in [-0.25, -0.2) is 4.79 Å². The first-order chi connectivity index (χ1) is 16.0. The van der Waals surface area contributed by atoms with Gasteiger partial charge in [-0.2, -0.15) is 0 Å². The predicted molar refractivity (Wildman–Crippen MR) is 133 cm³/mol. The van der Waals surface area contributed by atoms with Crippen LogP contribution in [-0.4, -0.2) is 74.2 Å². The third kappa shape index (κ3) is 6.03. The van der Waals surface area contributed by atoms with E-state index in [0.29, 0.717) is 6.04 Å². The summed E-state index contributed by atoms with van der Waals surface area (Å²) in [5, 5.41) is 9.84. The highest BCUT2D eigenvalue weighted by molar-refractivity contribution is 5.90. The average molecular weight is 451 g/mol. The molecule has 2 aliphatic rings. The van der Waals surface area contributed by atoms with Crippen LogP contribution in [0.5, 0.6) is 5.75 Å². The van der Waals surface area contributed by atoms with E-state index in [9.17, 15) is 4.79 Å². The molecule has 33 heavy (non-hydrogen) atoms. The number of ether oxygens (including phenoxy) is 1. The van der Waals surface area contributed by atoms with Crippen molar-refractivity contribution < 1.29 is 9.53 Å². The van der Waals surface area contributed by atoms with Crippen molar-refractivity contribution in [3.8, 4) is 5.75 Å². The Morgan fingerprint density at radius 2 is 1.82 bits per heavy atom. The summed E-state index contributed by atoms with van der Waals surface area (Å²) in [5.74, 6) is 1.07. The van der Waals surface area contributed by atoms with E-state index in [0.717, 1.165) is 49.8 Å². The van der Waals surface area contributed by atoms with Crippen molar-refractivity contribution in [2.24, 2.45) is 4.99 Å². The molecular formula is C25H34N6O2. The van der Waals surface area contributed by atoms with Gasteiger partial charge >= 0.3 is 6.03 Å². The molecule has 2 amide bonds. The number of hydrogen-bond acceptors (Lipinski definition) is 6. The van der Waals surface area contributed by atoms with E-state index in [2.05, 4.69) is 51.8 Å². The second-order valence-corrected chi connectivity index (χ2v) is 8.76. The second kappa shape index (κ2) is 10.7. The number of nitrogens with one attached hydrogen (secondary N) is 3. The van der Waals surface area contributed by atoms with Crippen LogP contribution in [0.15, 0.2) is 53.5 Å². The van der Waals surface area contributed by atoms with Gasteiger partial charge in [0.25, 0.3) is 0 Å². The maximum Gasteiger partial charge on any atom is 0.321 e. The lowest BCUT2D eigenvalue weighted by Crippen LogP contribution is -2.51. The molecule has 0 aliphatic carbocycles. The highest BCUT2D eigenvalue weighted by atomic mass is 16.5. The third-order valence-corrected chi connectivity index (χ3v) is 6.24. The van der Waals surface area contributed by atoms with E-state index >= 15 is 0 Å². The maximum absolute atomic E-state index is 12.7. The standard InChI is InChI=1S/C25H34N6O2/c1-18(2)30-11-13-31(14-12-30)25(32)29-22-6-4-5-21(15-22)28-24-26-16-20(17-27-24)19-7-9-23(33-3)10-8-19/h4-10,15-16,18,20,24,27-28H,11-14,17H2,1-3H3,(H,29,32). The Morgan fingerprint density at radius 3 is 2.45 bits per heavy atom. The van der Waals surface area contributed by atoms with E-state index in [1.165, 1.54) is 5.56 Å². The van der Waals surface area contributed by atoms with Crippen molar-refractivity contribution in [3.05, 3.63) is 54.1 Å². The number of amides is 2. The summed E-state index contributed by atoms with van der Waals surface area (Å²) in [6.07, 6.45) is 1.77. The lowest BCUT2D eigenvalue weighted by atomic mass is 9.99. The number of rotatable bonds is 6. The number of carbonyl (C=O) groups is 1. The second-order valence-electron chi connectivity index (χ2n) is 8.76. The first-order valence-corrected chi connectivity index (χ1v) is 11.6.